The Bertz CT molecular complexity index is 1440. The Morgan fingerprint density at radius 1 is 0.974 bits per heavy atom. The number of aryl methyl sites for hydroxylation is 1. The predicted molar refractivity (Wildman–Crippen MR) is 152 cm³/mol. The van der Waals surface area contributed by atoms with Gasteiger partial charge in [-0.2, -0.15) is 0 Å². The maximum absolute atomic E-state index is 12.8. The lowest BCUT2D eigenvalue weighted by atomic mass is 10.0. The molecule has 0 aliphatic rings. The van der Waals surface area contributed by atoms with E-state index in [1.165, 1.54) is 17.4 Å². The maximum atomic E-state index is 12.8. The number of carbonyl (C=O) groups excluding carboxylic acids is 2. The van der Waals surface area contributed by atoms with E-state index in [1.54, 1.807) is 26.2 Å². The molecule has 1 N–H and O–H groups in total. The highest BCUT2D eigenvalue weighted by Crippen LogP contribution is 2.36. The van der Waals surface area contributed by atoms with E-state index in [0.717, 1.165) is 27.8 Å². The Morgan fingerprint density at radius 2 is 1.74 bits per heavy atom. The van der Waals surface area contributed by atoms with Gasteiger partial charge < -0.3 is 19.5 Å². The fraction of sp³-hybridized carbons (Fsp3) is 0.161. The highest BCUT2D eigenvalue weighted by molar-refractivity contribution is 7.15. The Morgan fingerprint density at radius 3 is 2.47 bits per heavy atom. The zero-order chi connectivity index (χ0) is 26.9. The zero-order valence-corrected chi connectivity index (χ0v) is 22.3. The second-order valence-electron chi connectivity index (χ2n) is 8.39. The standard InChI is InChI=1S/C31H29NO5S/c1-4-36-31(34)29-25(23-11-6-5-7-12-23)20-38-30(29)32-28(33)17-15-22-14-16-26(27(18-22)35-3)37-19-24-13-9-8-10-21(24)2/h5-18,20H,4,19H2,1-3H3,(H,32,33). The van der Waals surface area contributed by atoms with Crippen LogP contribution in [-0.4, -0.2) is 25.6 Å². The highest BCUT2D eigenvalue weighted by atomic mass is 32.1. The molecule has 3 aromatic carbocycles. The van der Waals surface area contributed by atoms with E-state index in [1.807, 2.05) is 79.0 Å². The fourth-order valence-corrected chi connectivity index (χ4v) is 4.81. The molecule has 1 heterocycles. The molecule has 0 spiro atoms. The predicted octanol–water partition coefficient (Wildman–Crippen LogP) is 7.14. The van der Waals surface area contributed by atoms with Crippen LogP contribution >= 0.6 is 11.3 Å². The van der Waals surface area contributed by atoms with Crippen molar-refractivity contribution in [3.63, 3.8) is 0 Å². The van der Waals surface area contributed by atoms with Gasteiger partial charge in [-0.25, -0.2) is 4.79 Å². The van der Waals surface area contributed by atoms with E-state index in [-0.39, 0.29) is 12.5 Å². The first-order chi connectivity index (χ1) is 18.5. The number of ether oxygens (including phenoxy) is 3. The molecular formula is C31H29NO5S. The topological polar surface area (TPSA) is 73.9 Å². The average molecular weight is 528 g/mol. The number of hydrogen-bond acceptors (Lipinski definition) is 6. The number of carbonyl (C=O) groups is 2. The molecule has 4 rings (SSSR count). The van der Waals surface area contributed by atoms with Gasteiger partial charge >= 0.3 is 5.97 Å². The van der Waals surface area contributed by atoms with Crippen LogP contribution in [-0.2, 0) is 16.1 Å². The normalized spacial score (nSPS) is 10.8. The molecule has 0 saturated carbocycles. The monoisotopic (exact) mass is 527 g/mol. The molecule has 6 nitrogen and oxygen atoms in total. The lowest BCUT2D eigenvalue weighted by Crippen LogP contribution is -2.12. The number of rotatable bonds is 10. The van der Waals surface area contributed by atoms with Crippen LogP contribution in [0.5, 0.6) is 11.5 Å². The Balaban J connectivity index is 1.48. The van der Waals surface area contributed by atoms with E-state index in [0.29, 0.717) is 28.7 Å². The summed E-state index contributed by atoms with van der Waals surface area (Å²) in [7, 11) is 1.58. The van der Waals surface area contributed by atoms with Crippen molar-refractivity contribution in [3.8, 4) is 22.6 Å². The summed E-state index contributed by atoms with van der Waals surface area (Å²) in [5.74, 6) is 0.341. The first kappa shape index (κ1) is 26.7. The molecule has 7 heteroatoms. The molecule has 0 radical (unpaired) electrons. The molecule has 1 amide bonds. The van der Waals surface area contributed by atoms with Crippen LogP contribution in [0.25, 0.3) is 17.2 Å². The summed E-state index contributed by atoms with van der Waals surface area (Å²) in [4.78, 5) is 25.5. The average Bonchev–Trinajstić information content (AvgIpc) is 3.35. The fourth-order valence-electron chi connectivity index (χ4n) is 3.85. The van der Waals surface area contributed by atoms with Gasteiger partial charge in [0.25, 0.3) is 0 Å². The number of esters is 1. The summed E-state index contributed by atoms with van der Waals surface area (Å²) in [6.45, 7) is 4.46. The molecule has 1 aromatic heterocycles. The number of thiophene rings is 1. The molecule has 0 aliphatic heterocycles. The number of hydrogen-bond donors (Lipinski definition) is 1. The third-order valence-electron chi connectivity index (χ3n) is 5.85. The Kier molecular flexibility index (Phi) is 8.95. The van der Waals surface area contributed by atoms with Crippen LogP contribution in [0.2, 0.25) is 0 Å². The first-order valence-electron chi connectivity index (χ1n) is 12.2. The van der Waals surface area contributed by atoms with Gasteiger partial charge in [0.05, 0.1) is 13.7 Å². The minimum Gasteiger partial charge on any atom is -0.493 e. The van der Waals surface area contributed by atoms with Gasteiger partial charge in [0, 0.05) is 17.0 Å². The van der Waals surface area contributed by atoms with Crippen molar-refractivity contribution in [2.75, 3.05) is 19.0 Å². The molecule has 0 bridgehead atoms. The van der Waals surface area contributed by atoms with E-state index >= 15 is 0 Å². The summed E-state index contributed by atoms with van der Waals surface area (Å²) in [6, 6.07) is 23.1. The second kappa shape index (κ2) is 12.7. The van der Waals surface area contributed by atoms with Crippen LogP contribution in [0.1, 0.15) is 34.0 Å². The number of anilines is 1. The van der Waals surface area contributed by atoms with Crippen LogP contribution in [0, 0.1) is 6.92 Å². The smallest absolute Gasteiger partial charge is 0.341 e. The molecule has 0 saturated heterocycles. The molecular weight excluding hydrogens is 498 g/mol. The maximum Gasteiger partial charge on any atom is 0.341 e. The zero-order valence-electron chi connectivity index (χ0n) is 21.5. The van der Waals surface area contributed by atoms with Gasteiger partial charge in [-0.3, -0.25) is 4.79 Å². The SMILES string of the molecule is CCOC(=O)c1c(-c2ccccc2)csc1NC(=O)C=Cc1ccc(OCc2ccccc2C)c(OC)c1. The summed E-state index contributed by atoms with van der Waals surface area (Å²) >= 11 is 1.28. The van der Waals surface area contributed by atoms with Gasteiger partial charge in [0.2, 0.25) is 5.91 Å². The second-order valence-corrected chi connectivity index (χ2v) is 9.27. The highest BCUT2D eigenvalue weighted by Gasteiger charge is 2.22. The van der Waals surface area contributed by atoms with Crippen LogP contribution < -0.4 is 14.8 Å². The van der Waals surface area contributed by atoms with Crippen molar-refractivity contribution in [2.45, 2.75) is 20.5 Å². The van der Waals surface area contributed by atoms with Crippen LogP contribution in [0.4, 0.5) is 5.00 Å². The third-order valence-corrected chi connectivity index (χ3v) is 6.75. The minimum atomic E-state index is -0.474. The lowest BCUT2D eigenvalue weighted by molar-refractivity contribution is -0.111. The molecule has 0 unspecified atom stereocenters. The molecule has 0 fully saturated rings. The van der Waals surface area contributed by atoms with Gasteiger partial charge in [0.15, 0.2) is 11.5 Å². The van der Waals surface area contributed by atoms with E-state index in [2.05, 4.69) is 5.32 Å². The third kappa shape index (κ3) is 6.49. The van der Waals surface area contributed by atoms with Gasteiger partial charge in [0.1, 0.15) is 17.2 Å². The van der Waals surface area contributed by atoms with Crippen molar-refractivity contribution < 1.29 is 23.8 Å². The number of benzene rings is 3. The van der Waals surface area contributed by atoms with Crippen LogP contribution in [0.15, 0.2) is 84.3 Å². The van der Waals surface area contributed by atoms with Gasteiger partial charge in [-0.05, 0) is 54.3 Å². The summed E-state index contributed by atoms with van der Waals surface area (Å²) in [5.41, 5.74) is 4.97. The van der Waals surface area contributed by atoms with Crippen molar-refractivity contribution in [3.05, 3.63) is 107 Å². The molecule has 0 atom stereocenters. The summed E-state index contributed by atoms with van der Waals surface area (Å²) in [6.07, 6.45) is 3.10. The summed E-state index contributed by atoms with van der Waals surface area (Å²) < 4.78 is 16.7. The largest absolute Gasteiger partial charge is 0.493 e. The molecule has 38 heavy (non-hydrogen) atoms. The Hall–Kier alpha value is -4.36. The Labute approximate surface area is 226 Å². The number of methoxy groups -OCH3 is 1. The number of amides is 1. The molecule has 4 aromatic rings. The first-order valence-corrected chi connectivity index (χ1v) is 13.1. The van der Waals surface area contributed by atoms with Crippen molar-refractivity contribution >= 4 is 34.3 Å². The van der Waals surface area contributed by atoms with E-state index in [4.69, 9.17) is 14.2 Å². The van der Waals surface area contributed by atoms with Crippen molar-refractivity contribution in [1.82, 2.24) is 0 Å². The minimum absolute atomic E-state index is 0.239. The van der Waals surface area contributed by atoms with Crippen LogP contribution in [0.3, 0.4) is 0 Å². The molecule has 0 aliphatic carbocycles. The van der Waals surface area contributed by atoms with E-state index < -0.39 is 5.97 Å². The van der Waals surface area contributed by atoms with Gasteiger partial charge in [-0.1, -0.05) is 60.7 Å². The molecule has 194 valence electrons. The number of nitrogens with one attached hydrogen (secondary N) is 1. The van der Waals surface area contributed by atoms with Gasteiger partial charge in [-0.15, -0.1) is 11.3 Å². The van der Waals surface area contributed by atoms with E-state index in [9.17, 15) is 9.59 Å². The summed E-state index contributed by atoms with van der Waals surface area (Å²) in [5, 5.41) is 5.12. The van der Waals surface area contributed by atoms with Crippen molar-refractivity contribution in [2.24, 2.45) is 0 Å². The quantitative estimate of drug-likeness (QED) is 0.175. The van der Waals surface area contributed by atoms with Crippen molar-refractivity contribution in [1.29, 1.82) is 0 Å². The lowest BCUT2D eigenvalue weighted by Gasteiger charge is -2.12.